The van der Waals surface area contributed by atoms with E-state index >= 15 is 0 Å². The van der Waals surface area contributed by atoms with Gasteiger partial charge in [-0.1, -0.05) is 42.5 Å². The van der Waals surface area contributed by atoms with E-state index in [1.165, 1.54) is 6.92 Å². The molecule has 0 atom stereocenters. The molecule has 1 aliphatic heterocycles. The van der Waals surface area contributed by atoms with Crippen molar-refractivity contribution in [3.63, 3.8) is 0 Å². The number of ketones is 1. The Labute approximate surface area is 123 Å². The fourth-order valence-corrected chi connectivity index (χ4v) is 2.54. The lowest BCUT2D eigenvalue weighted by atomic mass is 9.94. The molecule has 0 fully saturated rings. The third-order valence-corrected chi connectivity index (χ3v) is 3.58. The van der Waals surface area contributed by atoms with Crippen molar-refractivity contribution in [2.75, 3.05) is 11.4 Å². The van der Waals surface area contributed by atoms with E-state index in [2.05, 4.69) is 0 Å². The molecule has 1 heterocycles. The van der Waals surface area contributed by atoms with Gasteiger partial charge >= 0.3 is 0 Å². The second-order valence-electron chi connectivity index (χ2n) is 5.03. The lowest BCUT2D eigenvalue weighted by Crippen LogP contribution is -2.37. The van der Waals surface area contributed by atoms with Crippen molar-refractivity contribution >= 4 is 23.5 Å². The number of rotatable bonds is 1. The summed E-state index contributed by atoms with van der Waals surface area (Å²) < 4.78 is 0. The number of benzene rings is 2. The summed E-state index contributed by atoms with van der Waals surface area (Å²) in [5, 5.41) is 0. The van der Waals surface area contributed by atoms with E-state index in [1.54, 1.807) is 11.0 Å². The maximum atomic E-state index is 12.6. The second kappa shape index (κ2) is 5.37. The van der Waals surface area contributed by atoms with Gasteiger partial charge in [-0.15, -0.1) is 0 Å². The average molecular weight is 277 g/mol. The molecule has 0 aromatic heterocycles. The molecule has 1 amide bonds. The minimum atomic E-state index is -0.0612. The van der Waals surface area contributed by atoms with Crippen molar-refractivity contribution in [3.05, 3.63) is 71.3 Å². The highest BCUT2D eigenvalue weighted by molar-refractivity contribution is 6.19. The molecule has 21 heavy (non-hydrogen) atoms. The molecule has 104 valence electrons. The molecule has 2 aromatic carbocycles. The number of carbonyl (C=O) groups excluding carboxylic acids is 2. The topological polar surface area (TPSA) is 37.4 Å². The van der Waals surface area contributed by atoms with Crippen LogP contribution in [0.15, 0.2) is 60.2 Å². The number of para-hydroxylation sites is 1. The van der Waals surface area contributed by atoms with E-state index < -0.39 is 0 Å². The van der Waals surface area contributed by atoms with E-state index in [0.29, 0.717) is 23.4 Å². The fourth-order valence-electron chi connectivity index (χ4n) is 2.54. The third kappa shape index (κ3) is 2.50. The highest BCUT2D eigenvalue weighted by atomic mass is 16.2. The fraction of sp³-hybridized carbons (Fsp3) is 0.111. The van der Waals surface area contributed by atoms with E-state index in [-0.39, 0.29) is 11.7 Å². The van der Waals surface area contributed by atoms with Crippen molar-refractivity contribution in [2.24, 2.45) is 0 Å². The number of carbonyl (C=O) groups is 2. The Bertz CT molecular complexity index is 732. The first kappa shape index (κ1) is 13.3. The van der Waals surface area contributed by atoms with Crippen LogP contribution in [0.1, 0.15) is 22.8 Å². The van der Waals surface area contributed by atoms with Gasteiger partial charge in [0.15, 0.2) is 5.78 Å². The van der Waals surface area contributed by atoms with Crippen molar-refractivity contribution in [1.29, 1.82) is 0 Å². The predicted molar refractivity (Wildman–Crippen MR) is 83.2 cm³/mol. The molecular weight excluding hydrogens is 262 g/mol. The molecular formula is C18H15NO2. The minimum absolute atomic E-state index is 0.00745. The van der Waals surface area contributed by atoms with Crippen LogP contribution in [0.25, 0.3) is 6.08 Å². The molecule has 3 rings (SSSR count). The van der Waals surface area contributed by atoms with Crippen molar-refractivity contribution in [2.45, 2.75) is 6.92 Å². The Kier molecular flexibility index (Phi) is 3.40. The standard InChI is InChI=1S/C18H15NO2/c1-13(20)19-12-15(11-14-7-3-2-4-8-14)18(21)16-9-5-6-10-17(16)19/h2-11H,12H2,1H3/b15-11-. The Hall–Kier alpha value is -2.68. The van der Waals surface area contributed by atoms with Crippen LogP contribution >= 0.6 is 0 Å². The molecule has 0 bridgehead atoms. The lowest BCUT2D eigenvalue weighted by molar-refractivity contribution is -0.116. The molecule has 0 aliphatic carbocycles. The molecule has 0 spiro atoms. The summed E-state index contributed by atoms with van der Waals surface area (Å²) in [5.41, 5.74) is 2.88. The Morgan fingerprint density at radius 1 is 1.05 bits per heavy atom. The zero-order valence-electron chi connectivity index (χ0n) is 11.7. The van der Waals surface area contributed by atoms with Gasteiger partial charge in [-0.3, -0.25) is 9.59 Å². The van der Waals surface area contributed by atoms with E-state index in [1.807, 2.05) is 54.6 Å². The second-order valence-corrected chi connectivity index (χ2v) is 5.03. The smallest absolute Gasteiger partial charge is 0.224 e. The SMILES string of the molecule is CC(=O)N1C/C(=C/c2ccccc2)C(=O)c2ccccc21. The molecule has 2 aromatic rings. The monoisotopic (exact) mass is 277 g/mol. The van der Waals surface area contributed by atoms with Gasteiger partial charge in [0.2, 0.25) is 5.91 Å². The number of hydrogen-bond donors (Lipinski definition) is 0. The minimum Gasteiger partial charge on any atom is -0.307 e. The Balaban J connectivity index is 2.08. The number of fused-ring (bicyclic) bond motifs is 1. The summed E-state index contributed by atoms with van der Waals surface area (Å²) in [5.74, 6) is -0.0686. The zero-order chi connectivity index (χ0) is 14.8. The van der Waals surface area contributed by atoms with Crippen LogP contribution in [-0.2, 0) is 4.79 Å². The summed E-state index contributed by atoms with van der Waals surface area (Å²) in [6, 6.07) is 16.9. The van der Waals surface area contributed by atoms with Gasteiger partial charge in [-0.25, -0.2) is 0 Å². The first-order valence-electron chi connectivity index (χ1n) is 6.84. The number of amides is 1. The highest BCUT2D eigenvalue weighted by Gasteiger charge is 2.28. The molecule has 0 unspecified atom stereocenters. The zero-order valence-corrected chi connectivity index (χ0v) is 11.7. The van der Waals surface area contributed by atoms with Crippen molar-refractivity contribution < 1.29 is 9.59 Å². The van der Waals surface area contributed by atoms with E-state index in [9.17, 15) is 9.59 Å². The lowest BCUT2D eigenvalue weighted by Gasteiger charge is -2.29. The van der Waals surface area contributed by atoms with E-state index in [0.717, 1.165) is 5.56 Å². The maximum Gasteiger partial charge on any atom is 0.224 e. The van der Waals surface area contributed by atoms with Crippen LogP contribution in [0.2, 0.25) is 0 Å². The van der Waals surface area contributed by atoms with Crippen LogP contribution in [-0.4, -0.2) is 18.2 Å². The van der Waals surface area contributed by atoms with Crippen molar-refractivity contribution in [3.8, 4) is 0 Å². The normalized spacial score (nSPS) is 16.0. The van der Waals surface area contributed by atoms with Gasteiger partial charge in [-0.2, -0.15) is 0 Å². The first-order chi connectivity index (χ1) is 10.2. The maximum absolute atomic E-state index is 12.6. The summed E-state index contributed by atoms with van der Waals surface area (Å²) >= 11 is 0. The Morgan fingerprint density at radius 3 is 2.43 bits per heavy atom. The molecule has 3 heteroatoms. The van der Waals surface area contributed by atoms with E-state index in [4.69, 9.17) is 0 Å². The van der Waals surface area contributed by atoms with Crippen LogP contribution in [0.4, 0.5) is 5.69 Å². The van der Waals surface area contributed by atoms with Crippen molar-refractivity contribution in [1.82, 2.24) is 0 Å². The molecule has 0 saturated heterocycles. The third-order valence-electron chi connectivity index (χ3n) is 3.58. The quantitative estimate of drug-likeness (QED) is 0.750. The molecule has 0 radical (unpaired) electrons. The summed E-state index contributed by atoms with van der Waals surface area (Å²) in [6.45, 7) is 1.84. The van der Waals surface area contributed by atoms with Gasteiger partial charge in [0, 0.05) is 18.1 Å². The van der Waals surface area contributed by atoms with Gasteiger partial charge < -0.3 is 4.90 Å². The van der Waals surface area contributed by atoms with Crippen LogP contribution in [0.5, 0.6) is 0 Å². The molecule has 0 saturated carbocycles. The average Bonchev–Trinajstić information content (AvgIpc) is 2.51. The van der Waals surface area contributed by atoms with Crippen LogP contribution < -0.4 is 4.90 Å². The number of hydrogen-bond acceptors (Lipinski definition) is 2. The summed E-state index contributed by atoms with van der Waals surface area (Å²) in [4.78, 5) is 26.1. The van der Waals surface area contributed by atoms with Gasteiger partial charge in [0.05, 0.1) is 12.2 Å². The van der Waals surface area contributed by atoms with Crippen LogP contribution in [0.3, 0.4) is 0 Å². The molecule has 0 N–H and O–H groups in total. The number of anilines is 1. The Morgan fingerprint density at radius 2 is 1.71 bits per heavy atom. The number of nitrogens with zero attached hydrogens (tertiary/aromatic N) is 1. The predicted octanol–water partition coefficient (Wildman–Crippen LogP) is 3.32. The summed E-state index contributed by atoms with van der Waals surface area (Å²) in [7, 11) is 0. The van der Waals surface area contributed by atoms with Gasteiger partial charge in [-0.05, 0) is 23.8 Å². The largest absolute Gasteiger partial charge is 0.307 e. The summed E-state index contributed by atoms with van der Waals surface area (Å²) in [6.07, 6.45) is 1.86. The highest BCUT2D eigenvalue weighted by Crippen LogP contribution is 2.30. The molecule has 1 aliphatic rings. The molecule has 3 nitrogen and oxygen atoms in total. The van der Waals surface area contributed by atoms with Gasteiger partial charge in [0.25, 0.3) is 0 Å². The van der Waals surface area contributed by atoms with Gasteiger partial charge in [0.1, 0.15) is 0 Å². The number of Topliss-reactive ketones (excluding diaryl/α,β-unsaturated/α-hetero) is 1. The van der Waals surface area contributed by atoms with Crippen LogP contribution in [0, 0.1) is 0 Å². The first-order valence-corrected chi connectivity index (χ1v) is 6.84.